The summed E-state index contributed by atoms with van der Waals surface area (Å²) in [5.41, 5.74) is 1.62. The maximum atomic E-state index is 13.1. The number of furan rings is 1. The van der Waals surface area contributed by atoms with Crippen LogP contribution in [0.1, 0.15) is 31.6 Å². The highest BCUT2D eigenvalue weighted by Crippen LogP contribution is 2.35. The van der Waals surface area contributed by atoms with Crippen LogP contribution in [0.3, 0.4) is 0 Å². The van der Waals surface area contributed by atoms with Crippen LogP contribution >= 0.6 is 0 Å². The molecule has 0 bridgehead atoms. The molecule has 0 saturated carbocycles. The first-order chi connectivity index (χ1) is 11.2. The van der Waals surface area contributed by atoms with Crippen LogP contribution in [-0.4, -0.2) is 44.6 Å². The third-order valence-corrected chi connectivity index (χ3v) is 4.70. The van der Waals surface area contributed by atoms with E-state index < -0.39 is 0 Å². The van der Waals surface area contributed by atoms with Crippen LogP contribution in [0.25, 0.3) is 0 Å². The first-order valence-electron chi connectivity index (χ1n) is 7.71. The summed E-state index contributed by atoms with van der Waals surface area (Å²) in [5, 5.41) is 11.6. The molecule has 0 unspecified atom stereocenters. The Morgan fingerprint density at radius 2 is 2.30 bits per heavy atom. The molecule has 1 saturated heterocycles. The summed E-state index contributed by atoms with van der Waals surface area (Å²) in [7, 11) is 1.87. The van der Waals surface area contributed by atoms with Crippen molar-refractivity contribution in [2.45, 2.75) is 32.4 Å². The van der Waals surface area contributed by atoms with Crippen LogP contribution in [0.15, 0.2) is 34.1 Å². The highest BCUT2D eigenvalue weighted by Gasteiger charge is 2.36. The molecular weight excluding hydrogens is 296 g/mol. The highest BCUT2D eigenvalue weighted by atomic mass is 16.3. The largest absolute Gasteiger partial charge is 0.467 e. The summed E-state index contributed by atoms with van der Waals surface area (Å²) in [6, 6.07) is 3.81. The number of aromatic nitrogens is 4. The van der Waals surface area contributed by atoms with Gasteiger partial charge >= 0.3 is 0 Å². The van der Waals surface area contributed by atoms with E-state index in [1.165, 1.54) is 0 Å². The maximum absolute atomic E-state index is 13.1. The van der Waals surface area contributed by atoms with E-state index in [1.54, 1.807) is 10.9 Å². The molecule has 8 nitrogen and oxygen atoms in total. The van der Waals surface area contributed by atoms with Gasteiger partial charge in [-0.25, -0.2) is 4.68 Å². The average molecular weight is 314 g/mol. The Morgan fingerprint density at radius 3 is 3.09 bits per heavy atom. The normalized spacial score (nSPS) is 21.0. The lowest BCUT2D eigenvalue weighted by molar-refractivity contribution is -0.128. The van der Waals surface area contributed by atoms with Crippen molar-refractivity contribution in [1.29, 1.82) is 0 Å². The molecule has 1 fully saturated rings. The molecule has 2 aliphatic heterocycles. The minimum absolute atomic E-state index is 0.0124. The van der Waals surface area contributed by atoms with E-state index in [9.17, 15) is 4.79 Å². The van der Waals surface area contributed by atoms with Crippen molar-refractivity contribution in [2.24, 2.45) is 0 Å². The number of rotatable bonds is 2. The Kier molecular flexibility index (Phi) is 3.17. The predicted molar refractivity (Wildman–Crippen MR) is 81.3 cm³/mol. The topological polar surface area (TPSA) is 80.3 Å². The Labute approximate surface area is 133 Å². The molecule has 0 N–H and O–H groups in total. The van der Waals surface area contributed by atoms with Gasteiger partial charge in [0.25, 0.3) is 5.91 Å². The van der Waals surface area contributed by atoms with Crippen LogP contribution in [0, 0.1) is 0 Å². The lowest BCUT2D eigenvalue weighted by Gasteiger charge is -2.30. The molecule has 1 atom stereocenters. The second kappa shape index (κ2) is 5.22. The lowest BCUT2D eigenvalue weighted by atomic mass is 10.1. The SMILES string of the molecule is CC1=C(C(=O)N2CCC[C@@H]2c2ccco2)Cn2nnnc2N1C. The molecule has 0 aromatic carbocycles. The molecule has 23 heavy (non-hydrogen) atoms. The van der Waals surface area contributed by atoms with Gasteiger partial charge in [-0.2, -0.15) is 0 Å². The van der Waals surface area contributed by atoms with Gasteiger partial charge in [-0.15, -0.1) is 0 Å². The van der Waals surface area contributed by atoms with E-state index in [0.29, 0.717) is 12.5 Å². The minimum atomic E-state index is 0.0124. The summed E-state index contributed by atoms with van der Waals surface area (Å²) in [4.78, 5) is 16.9. The van der Waals surface area contributed by atoms with Gasteiger partial charge in [-0.05, 0) is 42.3 Å². The predicted octanol–water partition coefficient (Wildman–Crippen LogP) is 1.35. The van der Waals surface area contributed by atoms with Gasteiger partial charge in [0.15, 0.2) is 0 Å². The number of nitrogens with zero attached hydrogens (tertiary/aromatic N) is 6. The summed E-state index contributed by atoms with van der Waals surface area (Å²) in [6.07, 6.45) is 3.57. The maximum Gasteiger partial charge on any atom is 0.254 e. The van der Waals surface area contributed by atoms with Gasteiger partial charge in [0, 0.05) is 19.3 Å². The van der Waals surface area contributed by atoms with Crippen molar-refractivity contribution in [3.63, 3.8) is 0 Å². The van der Waals surface area contributed by atoms with Crippen LogP contribution in [0.4, 0.5) is 5.95 Å². The van der Waals surface area contributed by atoms with Crippen molar-refractivity contribution >= 4 is 11.9 Å². The van der Waals surface area contributed by atoms with Crippen LogP contribution in [0.5, 0.6) is 0 Å². The number of anilines is 1. The fraction of sp³-hybridized carbons (Fsp3) is 0.467. The van der Waals surface area contributed by atoms with Crippen LogP contribution in [-0.2, 0) is 11.3 Å². The molecule has 2 aromatic heterocycles. The average Bonchev–Trinajstić information content (AvgIpc) is 3.30. The van der Waals surface area contributed by atoms with E-state index in [1.807, 2.05) is 35.9 Å². The second-order valence-electron chi connectivity index (χ2n) is 5.93. The minimum Gasteiger partial charge on any atom is -0.467 e. The number of hydrogen-bond acceptors (Lipinski definition) is 6. The Hall–Kier alpha value is -2.64. The van der Waals surface area contributed by atoms with Gasteiger partial charge < -0.3 is 14.2 Å². The fourth-order valence-corrected chi connectivity index (χ4v) is 3.34. The third-order valence-electron chi connectivity index (χ3n) is 4.70. The monoisotopic (exact) mass is 314 g/mol. The van der Waals surface area contributed by atoms with Gasteiger partial charge in [0.05, 0.1) is 24.4 Å². The van der Waals surface area contributed by atoms with Gasteiger partial charge in [-0.3, -0.25) is 4.79 Å². The molecule has 0 spiro atoms. The summed E-state index contributed by atoms with van der Waals surface area (Å²) in [5.74, 6) is 1.54. The fourth-order valence-electron chi connectivity index (χ4n) is 3.34. The molecule has 0 radical (unpaired) electrons. The molecule has 1 amide bonds. The first kappa shape index (κ1) is 14.0. The highest BCUT2D eigenvalue weighted by molar-refractivity contribution is 5.95. The zero-order chi connectivity index (χ0) is 16.0. The number of tetrazole rings is 1. The van der Waals surface area contributed by atoms with E-state index in [2.05, 4.69) is 15.5 Å². The quantitative estimate of drug-likeness (QED) is 0.832. The zero-order valence-electron chi connectivity index (χ0n) is 13.1. The van der Waals surface area contributed by atoms with Crippen molar-refractivity contribution in [3.05, 3.63) is 35.4 Å². The number of carbonyl (C=O) groups is 1. The number of fused-ring (bicyclic) bond motifs is 1. The van der Waals surface area contributed by atoms with E-state index in [0.717, 1.165) is 36.4 Å². The van der Waals surface area contributed by atoms with Crippen LogP contribution < -0.4 is 4.90 Å². The summed E-state index contributed by atoms with van der Waals surface area (Å²) in [6.45, 7) is 3.08. The van der Waals surface area contributed by atoms with E-state index in [-0.39, 0.29) is 11.9 Å². The molecule has 0 aliphatic carbocycles. The zero-order valence-corrected chi connectivity index (χ0v) is 13.1. The van der Waals surface area contributed by atoms with Gasteiger partial charge in [-0.1, -0.05) is 5.10 Å². The molecular formula is C15H18N6O2. The van der Waals surface area contributed by atoms with Crippen molar-refractivity contribution in [3.8, 4) is 0 Å². The van der Waals surface area contributed by atoms with Crippen molar-refractivity contribution in [2.75, 3.05) is 18.5 Å². The molecule has 8 heteroatoms. The van der Waals surface area contributed by atoms with E-state index >= 15 is 0 Å². The lowest BCUT2D eigenvalue weighted by Crippen LogP contribution is -2.37. The van der Waals surface area contributed by atoms with Crippen molar-refractivity contribution < 1.29 is 9.21 Å². The van der Waals surface area contributed by atoms with Gasteiger partial charge in [0.1, 0.15) is 5.76 Å². The summed E-state index contributed by atoms with van der Waals surface area (Å²) < 4.78 is 7.17. The van der Waals surface area contributed by atoms with Crippen molar-refractivity contribution in [1.82, 2.24) is 25.1 Å². The van der Waals surface area contributed by atoms with E-state index in [4.69, 9.17) is 4.42 Å². The number of likely N-dealkylation sites (tertiary alicyclic amines) is 1. The Morgan fingerprint density at radius 1 is 1.43 bits per heavy atom. The number of hydrogen-bond donors (Lipinski definition) is 0. The molecule has 2 aromatic rings. The Balaban J connectivity index is 1.65. The molecule has 120 valence electrons. The smallest absolute Gasteiger partial charge is 0.254 e. The Bertz CT molecular complexity index is 763. The molecule has 4 rings (SSSR count). The standard InChI is InChI=1S/C15H18N6O2/c1-10-11(9-21-15(19(10)2)16-17-18-21)14(22)20-7-3-5-12(20)13-6-4-8-23-13/h4,6,8,12H,3,5,7,9H2,1-2H3/t12-/m1/s1. The first-order valence-corrected chi connectivity index (χ1v) is 7.71. The van der Waals surface area contributed by atoms with Gasteiger partial charge in [0.2, 0.25) is 5.95 Å². The number of carbonyl (C=O) groups excluding carboxylic acids is 1. The molecule has 2 aliphatic rings. The van der Waals surface area contributed by atoms with Crippen LogP contribution in [0.2, 0.25) is 0 Å². The summed E-state index contributed by atoms with van der Waals surface area (Å²) >= 11 is 0. The number of allylic oxidation sites excluding steroid dienone is 1. The third kappa shape index (κ3) is 2.13. The molecule has 4 heterocycles. The second-order valence-corrected chi connectivity index (χ2v) is 5.93. The number of amides is 1.